The lowest BCUT2D eigenvalue weighted by atomic mass is 10.1. The van der Waals surface area contributed by atoms with E-state index in [1.54, 1.807) is 17.6 Å². The Kier molecular flexibility index (Phi) is 5.21. The van der Waals surface area contributed by atoms with Gasteiger partial charge < -0.3 is 10.2 Å². The molecule has 0 aromatic carbocycles. The molecule has 0 amide bonds. The second-order valence-corrected chi connectivity index (χ2v) is 6.47. The summed E-state index contributed by atoms with van der Waals surface area (Å²) >= 11 is 5.26. The molecule has 3 nitrogen and oxygen atoms in total. The van der Waals surface area contributed by atoms with Crippen molar-refractivity contribution in [3.05, 3.63) is 45.0 Å². The van der Waals surface area contributed by atoms with Crippen LogP contribution in [-0.4, -0.2) is 17.5 Å². The highest BCUT2D eigenvalue weighted by atomic mass is 79.9. The molecule has 0 bridgehead atoms. The maximum absolute atomic E-state index is 6.20. The average molecular weight is 343 g/mol. The summed E-state index contributed by atoms with van der Waals surface area (Å²) in [5, 5.41) is 2.10. The Morgan fingerprint density at radius 3 is 2.79 bits per heavy atom. The average Bonchev–Trinajstić information content (AvgIpc) is 3.00. The van der Waals surface area contributed by atoms with Gasteiger partial charge in [0, 0.05) is 20.8 Å². The molecular formula is C14H19BrN2OS. The van der Waals surface area contributed by atoms with Gasteiger partial charge in [0.1, 0.15) is 5.76 Å². The Morgan fingerprint density at radius 2 is 2.32 bits per heavy atom. The third kappa shape index (κ3) is 3.69. The molecule has 2 atom stereocenters. The van der Waals surface area contributed by atoms with Gasteiger partial charge in [0.2, 0.25) is 0 Å². The van der Waals surface area contributed by atoms with Crippen LogP contribution >= 0.6 is 27.3 Å². The number of furan rings is 1. The summed E-state index contributed by atoms with van der Waals surface area (Å²) in [6.45, 7) is 5.93. The van der Waals surface area contributed by atoms with E-state index in [1.807, 2.05) is 12.1 Å². The molecule has 2 N–H and O–H groups in total. The van der Waals surface area contributed by atoms with Crippen molar-refractivity contribution in [1.29, 1.82) is 0 Å². The van der Waals surface area contributed by atoms with Crippen LogP contribution in [0.25, 0.3) is 0 Å². The molecule has 0 aliphatic rings. The zero-order valence-electron chi connectivity index (χ0n) is 11.2. The first-order chi connectivity index (χ1) is 9.11. The van der Waals surface area contributed by atoms with E-state index in [1.165, 1.54) is 4.88 Å². The van der Waals surface area contributed by atoms with E-state index < -0.39 is 0 Å². The van der Waals surface area contributed by atoms with Crippen molar-refractivity contribution in [3.63, 3.8) is 0 Å². The number of nitrogens with zero attached hydrogens (tertiary/aromatic N) is 1. The van der Waals surface area contributed by atoms with Gasteiger partial charge in [-0.25, -0.2) is 0 Å². The number of halogens is 1. The standard InChI is InChI=1S/C14H19BrN2OS/c1-3-17(8-12-5-4-6-18-12)14(10(2)16)13-7-11(15)9-19-13/h4-7,9-10,14H,3,8,16H2,1-2H3. The smallest absolute Gasteiger partial charge is 0.117 e. The molecule has 2 rings (SSSR count). The molecule has 5 heteroatoms. The van der Waals surface area contributed by atoms with Gasteiger partial charge in [0.15, 0.2) is 0 Å². The van der Waals surface area contributed by atoms with Gasteiger partial charge in [-0.3, -0.25) is 4.90 Å². The molecular weight excluding hydrogens is 324 g/mol. The van der Waals surface area contributed by atoms with E-state index in [0.717, 1.165) is 23.3 Å². The molecule has 104 valence electrons. The van der Waals surface area contributed by atoms with Crippen molar-refractivity contribution in [2.45, 2.75) is 32.5 Å². The summed E-state index contributed by atoms with van der Waals surface area (Å²) in [7, 11) is 0. The van der Waals surface area contributed by atoms with E-state index in [9.17, 15) is 0 Å². The molecule has 2 unspecified atom stereocenters. The number of rotatable bonds is 6. The highest BCUT2D eigenvalue weighted by Crippen LogP contribution is 2.32. The Bertz CT molecular complexity index is 495. The summed E-state index contributed by atoms with van der Waals surface area (Å²) in [5.41, 5.74) is 6.20. The van der Waals surface area contributed by atoms with Crippen molar-refractivity contribution >= 4 is 27.3 Å². The van der Waals surface area contributed by atoms with Gasteiger partial charge in [-0.05, 0) is 47.6 Å². The van der Waals surface area contributed by atoms with Crippen molar-refractivity contribution in [2.75, 3.05) is 6.54 Å². The maximum atomic E-state index is 6.20. The fourth-order valence-electron chi connectivity index (χ4n) is 2.26. The monoisotopic (exact) mass is 342 g/mol. The predicted octanol–water partition coefficient (Wildman–Crippen LogP) is 4.01. The molecule has 0 aliphatic carbocycles. The quantitative estimate of drug-likeness (QED) is 0.862. The molecule has 2 heterocycles. The normalized spacial score (nSPS) is 14.8. The van der Waals surface area contributed by atoms with Crippen molar-refractivity contribution in [1.82, 2.24) is 4.90 Å². The topological polar surface area (TPSA) is 42.4 Å². The van der Waals surface area contributed by atoms with Crippen LogP contribution in [-0.2, 0) is 6.54 Å². The predicted molar refractivity (Wildman–Crippen MR) is 83.2 cm³/mol. The fraction of sp³-hybridized carbons (Fsp3) is 0.429. The van der Waals surface area contributed by atoms with Gasteiger partial charge in [0.05, 0.1) is 18.8 Å². The van der Waals surface area contributed by atoms with E-state index in [-0.39, 0.29) is 12.1 Å². The summed E-state index contributed by atoms with van der Waals surface area (Å²) in [5.74, 6) is 0.975. The Balaban J connectivity index is 2.21. The molecule has 0 aliphatic heterocycles. The fourth-order valence-corrected chi connectivity index (χ4v) is 3.96. The van der Waals surface area contributed by atoms with Gasteiger partial charge in [-0.15, -0.1) is 11.3 Å². The lowest BCUT2D eigenvalue weighted by molar-refractivity contribution is 0.167. The van der Waals surface area contributed by atoms with Crippen LogP contribution in [0.2, 0.25) is 0 Å². The Labute approximate surface area is 126 Å². The molecule has 2 aromatic rings. The number of likely N-dealkylation sites (N-methyl/N-ethyl adjacent to an activating group) is 1. The lowest BCUT2D eigenvalue weighted by Crippen LogP contribution is -2.38. The summed E-state index contributed by atoms with van der Waals surface area (Å²) < 4.78 is 6.57. The second-order valence-electron chi connectivity index (χ2n) is 4.61. The van der Waals surface area contributed by atoms with E-state index in [0.29, 0.717) is 0 Å². The Morgan fingerprint density at radius 1 is 1.53 bits per heavy atom. The van der Waals surface area contributed by atoms with Crippen LogP contribution in [0.15, 0.2) is 38.7 Å². The minimum Gasteiger partial charge on any atom is -0.468 e. The number of thiophene rings is 1. The summed E-state index contributed by atoms with van der Waals surface area (Å²) in [6, 6.07) is 6.37. The molecule has 0 saturated heterocycles. The molecule has 0 fully saturated rings. The first kappa shape index (κ1) is 14.8. The van der Waals surface area contributed by atoms with Crippen LogP contribution < -0.4 is 5.73 Å². The number of nitrogens with two attached hydrogens (primary N) is 1. The van der Waals surface area contributed by atoms with Gasteiger partial charge >= 0.3 is 0 Å². The van der Waals surface area contributed by atoms with Gasteiger partial charge in [-0.2, -0.15) is 0 Å². The largest absolute Gasteiger partial charge is 0.468 e. The third-order valence-corrected chi connectivity index (χ3v) is 4.88. The van der Waals surface area contributed by atoms with Gasteiger partial charge in [0.25, 0.3) is 0 Å². The zero-order chi connectivity index (χ0) is 13.8. The van der Waals surface area contributed by atoms with Crippen LogP contribution in [0.1, 0.15) is 30.5 Å². The molecule has 0 radical (unpaired) electrons. The third-order valence-electron chi connectivity index (χ3n) is 3.12. The number of hydrogen-bond acceptors (Lipinski definition) is 4. The van der Waals surface area contributed by atoms with Crippen molar-refractivity contribution in [2.24, 2.45) is 5.73 Å². The van der Waals surface area contributed by atoms with Crippen LogP contribution in [0.4, 0.5) is 0 Å². The molecule has 0 spiro atoms. The zero-order valence-corrected chi connectivity index (χ0v) is 13.6. The Hall–Kier alpha value is -0.620. The second kappa shape index (κ2) is 6.70. The highest BCUT2D eigenvalue weighted by molar-refractivity contribution is 9.10. The number of hydrogen-bond donors (Lipinski definition) is 1. The molecule has 2 aromatic heterocycles. The summed E-state index contributed by atoms with van der Waals surface area (Å²) in [4.78, 5) is 3.64. The molecule has 0 saturated carbocycles. The maximum Gasteiger partial charge on any atom is 0.117 e. The van der Waals surface area contributed by atoms with E-state index in [2.05, 4.69) is 46.1 Å². The summed E-state index contributed by atoms with van der Waals surface area (Å²) in [6.07, 6.45) is 1.71. The highest BCUT2D eigenvalue weighted by Gasteiger charge is 2.25. The lowest BCUT2D eigenvalue weighted by Gasteiger charge is -2.32. The van der Waals surface area contributed by atoms with E-state index in [4.69, 9.17) is 10.2 Å². The van der Waals surface area contributed by atoms with Crippen LogP contribution in [0.3, 0.4) is 0 Å². The van der Waals surface area contributed by atoms with Gasteiger partial charge in [-0.1, -0.05) is 6.92 Å². The van der Waals surface area contributed by atoms with Crippen molar-refractivity contribution < 1.29 is 4.42 Å². The van der Waals surface area contributed by atoms with E-state index >= 15 is 0 Å². The SMILES string of the molecule is CCN(Cc1ccco1)C(c1cc(Br)cs1)C(C)N. The minimum atomic E-state index is 0.0699. The first-order valence-corrected chi connectivity index (χ1v) is 8.05. The van der Waals surface area contributed by atoms with Crippen LogP contribution in [0, 0.1) is 0 Å². The van der Waals surface area contributed by atoms with Crippen LogP contribution in [0.5, 0.6) is 0 Å². The molecule has 19 heavy (non-hydrogen) atoms. The minimum absolute atomic E-state index is 0.0699. The first-order valence-electron chi connectivity index (χ1n) is 6.37. The van der Waals surface area contributed by atoms with Crippen molar-refractivity contribution in [3.8, 4) is 0 Å².